The molecule has 0 radical (unpaired) electrons. The number of nitro groups is 1. The second kappa shape index (κ2) is 6.36. The van der Waals surface area contributed by atoms with Crippen molar-refractivity contribution in [1.82, 2.24) is 0 Å². The van der Waals surface area contributed by atoms with Crippen LogP contribution in [0.3, 0.4) is 0 Å². The maximum absolute atomic E-state index is 11.2. The van der Waals surface area contributed by atoms with E-state index in [4.69, 9.17) is 5.73 Å². The number of rotatable bonds is 5. The summed E-state index contributed by atoms with van der Waals surface area (Å²) in [7, 11) is 0. The molecule has 0 bridgehead atoms. The van der Waals surface area contributed by atoms with Crippen LogP contribution in [-0.2, 0) is 0 Å². The Morgan fingerprint density at radius 3 is 2.65 bits per heavy atom. The van der Waals surface area contributed by atoms with Crippen molar-refractivity contribution in [3.63, 3.8) is 0 Å². The van der Waals surface area contributed by atoms with Crippen molar-refractivity contribution in [1.29, 1.82) is 0 Å². The van der Waals surface area contributed by atoms with Crippen LogP contribution in [-0.4, -0.2) is 17.4 Å². The standard InChI is InChI=1S/C14H19N3O3/c15-14(18)11-6-7-13(17(19)20)12(8-11)16-9-10-4-2-1-3-5-10/h6-8,10,16H,1-5,9H2,(H2,15,18). The highest BCUT2D eigenvalue weighted by molar-refractivity contribution is 5.94. The molecule has 1 aromatic carbocycles. The van der Waals surface area contributed by atoms with Gasteiger partial charge in [0.05, 0.1) is 4.92 Å². The minimum absolute atomic E-state index is 0.0224. The summed E-state index contributed by atoms with van der Waals surface area (Å²) >= 11 is 0. The highest BCUT2D eigenvalue weighted by atomic mass is 16.6. The van der Waals surface area contributed by atoms with E-state index in [0.29, 0.717) is 18.2 Å². The molecule has 1 aliphatic carbocycles. The first kappa shape index (κ1) is 14.3. The summed E-state index contributed by atoms with van der Waals surface area (Å²) in [6.07, 6.45) is 6.01. The average molecular weight is 277 g/mol. The number of nitrogens with two attached hydrogens (primary N) is 1. The number of amides is 1. The molecule has 6 nitrogen and oxygen atoms in total. The number of nitrogens with one attached hydrogen (secondary N) is 1. The van der Waals surface area contributed by atoms with E-state index < -0.39 is 10.8 Å². The van der Waals surface area contributed by atoms with Gasteiger partial charge in [0.1, 0.15) is 5.69 Å². The third kappa shape index (κ3) is 3.46. The molecule has 0 unspecified atom stereocenters. The van der Waals surface area contributed by atoms with Crippen molar-refractivity contribution < 1.29 is 9.72 Å². The molecule has 0 atom stereocenters. The SMILES string of the molecule is NC(=O)c1ccc([N+](=O)[O-])c(NCC2CCCCC2)c1. The number of anilines is 1. The molecule has 1 saturated carbocycles. The normalized spacial score (nSPS) is 15.8. The Hall–Kier alpha value is -2.11. The van der Waals surface area contributed by atoms with Crippen molar-refractivity contribution in [3.05, 3.63) is 33.9 Å². The first-order chi connectivity index (χ1) is 9.58. The Bertz CT molecular complexity index is 510. The second-order valence-electron chi connectivity index (χ2n) is 5.24. The van der Waals surface area contributed by atoms with Crippen LogP contribution in [0.25, 0.3) is 0 Å². The van der Waals surface area contributed by atoms with Crippen molar-refractivity contribution in [2.75, 3.05) is 11.9 Å². The fraction of sp³-hybridized carbons (Fsp3) is 0.500. The van der Waals surface area contributed by atoms with E-state index in [1.165, 1.54) is 37.5 Å². The summed E-state index contributed by atoms with van der Waals surface area (Å²) in [6.45, 7) is 0.697. The molecule has 0 heterocycles. The van der Waals surface area contributed by atoms with Crippen LogP contribution in [0.1, 0.15) is 42.5 Å². The molecule has 1 aromatic rings. The third-order valence-electron chi connectivity index (χ3n) is 3.78. The lowest BCUT2D eigenvalue weighted by molar-refractivity contribution is -0.384. The Kier molecular flexibility index (Phi) is 4.55. The van der Waals surface area contributed by atoms with Gasteiger partial charge in [-0.15, -0.1) is 0 Å². The van der Waals surface area contributed by atoms with Crippen molar-refractivity contribution in [2.24, 2.45) is 11.7 Å². The van der Waals surface area contributed by atoms with E-state index >= 15 is 0 Å². The Balaban J connectivity index is 2.12. The fourth-order valence-electron chi connectivity index (χ4n) is 2.64. The molecule has 0 aliphatic heterocycles. The van der Waals surface area contributed by atoms with E-state index in [-0.39, 0.29) is 11.3 Å². The van der Waals surface area contributed by atoms with E-state index in [1.54, 1.807) is 0 Å². The number of hydrogen-bond donors (Lipinski definition) is 2. The molecule has 20 heavy (non-hydrogen) atoms. The van der Waals surface area contributed by atoms with Crippen LogP contribution < -0.4 is 11.1 Å². The van der Waals surface area contributed by atoms with Gasteiger partial charge in [0.2, 0.25) is 5.91 Å². The molecule has 1 aliphatic rings. The predicted octanol–water partition coefficient (Wildman–Crippen LogP) is 2.69. The highest BCUT2D eigenvalue weighted by Crippen LogP contribution is 2.28. The van der Waals surface area contributed by atoms with Gasteiger partial charge in [0.15, 0.2) is 0 Å². The Morgan fingerprint density at radius 1 is 1.35 bits per heavy atom. The molecule has 6 heteroatoms. The van der Waals surface area contributed by atoms with Gasteiger partial charge in [-0.1, -0.05) is 19.3 Å². The molecule has 0 spiro atoms. The summed E-state index contributed by atoms with van der Waals surface area (Å²) < 4.78 is 0. The maximum Gasteiger partial charge on any atom is 0.292 e. The van der Waals surface area contributed by atoms with E-state index in [2.05, 4.69) is 5.32 Å². The Labute approximate surface area is 117 Å². The van der Waals surface area contributed by atoms with Gasteiger partial charge >= 0.3 is 0 Å². The van der Waals surface area contributed by atoms with Crippen LogP contribution in [0.2, 0.25) is 0 Å². The van der Waals surface area contributed by atoms with E-state index in [1.807, 2.05) is 0 Å². The van der Waals surface area contributed by atoms with Gasteiger partial charge in [-0.2, -0.15) is 0 Å². The molecule has 0 saturated heterocycles. The zero-order valence-corrected chi connectivity index (χ0v) is 11.3. The average Bonchev–Trinajstić information content (AvgIpc) is 2.45. The number of primary amides is 1. The van der Waals surface area contributed by atoms with Crippen LogP contribution in [0.4, 0.5) is 11.4 Å². The lowest BCUT2D eigenvalue weighted by Gasteiger charge is -2.22. The molecule has 2 rings (SSSR count). The van der Waals surface area contributed by atoms with Gasteiger partial charge in [0.25, 0.3) is 5.69 Å². The van der Waals surface area contributed by atoms with Gasteiger partial charge in [-0.25, -0.2) is 0 Å². The number of nitrogens with zero attached hydrogens (tertiary/aromatic N) is 1. The van der Waals surface area contributed by atoms with Crippen LogP contribution in [0.5, 0.6) is 0 Å². The minimum Gasteiger partial charge on any atom is -0.379 e. The highest BCUT2D eigenvalue weighted by Gasteiger charge is 2.18. The Morgan fingerprint density at radius 2 is 2.05 bits per heavy atom. The smallest absolute Gasteiger partial charge is 0.292 e. The van der Waals surface area contributed by atoms with Crippen LogP contribution >= 0.6 is 0 Å². The van der Waals surface area contributed by atoms with E-state index in [9.17, 15) is 14.9 Å². The van der Waals surface area contributed by atoms with E-state index in [0.717, 1.165) is 12.8 Å². The summed E-state index contributed by atoms with van der Waals surface area (Å²) in [6, 6.07) is 4.17. The summed E-state index contributed by atoms with van der Waals surface area (Å²) in [4.78, 5) is 21.7. The third-order valence-corrected chi connectivity index (χ3v) is 3.78. The number of nitro benzene ring substituents is 1. The summed E-state index contributed by atoms with van der Waals surface area (Å²) in [5.74, 6) is -0.0406. The molecule has 1 fully saturated rings. The van der Waals surface area contributed by atoms with Crippen molar-refractivity contribution in [2.45, 2.75) is 32.1 Å². The predicted molar refractivity (Wildman–Crippen MR) is 76.7 cm³/mol. The first-order valence-corrected chi connectivity index (χ1v) is 6.90. The van der Waals surface area contributed by atoms with Gasteiger partial charge in [-0.3, -0.25) is 14.9 Å². The van der Waals surface area contributed by atoms with Crippen LogP contribution in [0, 0.1) is 16.0 Å². The van der Waals surface area contributed by atoms with Gasteiger partial charge in [-0.05, 0) is 30.9 Å². The lowest BCUT2D eigenvalue weighted by atomic mass is 9.89. The molecular weight excluding hydrogens is 258 g/mol. The number of carbonyl (C=O) groups excluding carboxylic acids is 1. The maximum atomic E-state index is 11.2. The quantitative estimate of drug-likeness (QED) is 0.638. The number of benzene rings is 1. The zero-order chi connectivity index (χ0) is 14.5. The largest absolute Gasteiger partial charge is 0.379 e. The second-order valence-corrected chi connectivity index (χ2v) is 5.24. The molecular formula is C14H19N3O3. The van der Waals surface area contributed by atoms with Crippen molar-refractivity contribution >= 4 is 17.3 Å². The molecule has 1 amide bonds. The fourth-order valence-corrected chi connectivity index (χ4v) is 2.64. The lowest BCUT2D eigenvalue weighted by Crippen LogP contribution is -2.18. The first-order valence-electron chi connectivity index (χ1n) is 6.90. The number of hydrogen-bond acceptors (Lipinski definition) is 4. The summed E-state index contributed by atoms with van der Waals surface area (Å²) in [5, 5.41) is 14.1. The minimum atomic E-state index is -0.583. The van der Waals surface area contributed by atoms with Gasteiger partial charge in [0, 0.05) is 18.2 Å². The molecule has 108 valence electrons. The van der Waals surface area contributed by atoms with Crippen molar-refractivity contribution in [3.8, 4) is 0 Å². The molecule has 0 aromatic heterocycles. The zero-order valence-electron chi connectivity index (χ0n) is 11.3. The summed E-state index contributed by atoms with van der Waals surface area (Å²) in [5.41, 5.74) is 5.84. The topological polar surface area (TPSA) is 98.3 Å². The monoisotopic (exact) mass is 277 g/mol. The van der Waals surface area contributed by atoms with Gasteiger partial charge < -0.3 is 11.1 Å². The van der Waals surface area contributed by atoms with Crippen LogP contribution in [0.15, 0.2) is 18.2 Å². The number of carbonyl (C=O) groups is 1. The molecule has 3 N–H and O–H groups in total.